The van der Waals surface area contributed by atoms with E-state index in [1.165, 1.54) is 4.88 Å². The standard InChI is InChI=1S/C19H28N4OS/c1-5-20-19(21-11-10-18-22-13-16(4)25-18)23-12-15(3)24-17-9-7-6-8-14(17)2/h6-9,13,15H,5,10-12H2,1-4H3,(H2,20,21,23). The molecule has 0 aliphatic rings. The second-order valence-corrected chi connectivity index (χ2v) is 7.27. The minimum atomic E-state index is 0.0122. The van der Waals surface area contributed by atoms with Gasteiger partial charge in [-0.05, 0) is 39.3 Å². The molecule has 0 saturated carbocycles. The van der Waals surface area contributed by atoms with Gasteiger partial charge in [-0.2, -0.15) is 0 Å². The van der Waals surface area contributed by atoms with E-state index in [1.807, 2.05) is 31.3 Å². The van der Waals surface area contributed by atoms with E-state index in [2.05, 4.69) is 47.4 Å². The molecule has 1 atom stereocenters. The van der Waals surface area contributed by atoms with Crippen molar-refractivity contribution in [2.75, 3.05) is 19.6 Å². The fourth-order valence-electron chi connectivity index (χ4n) is 2.31. The van der Waals surface area contributed by atoms with Crippen LogP contribution < -0.4 is 15.4 Å². The first kappa shape index (κ1) is 19.2. The van der Waals surface area contributed by atoms with Crippen LogP contribution in [0.2, 0.25) is 0 Å². The van der Waals surface area contributed by atoms with Crippen molar-refractivity contribution < 1.29 is 4.74 Å². The minimum absolute atomic E-state index is 0.0122. The van der Waals surface area contributed by atoms with Gasteiger partial charge in [0.05, 0.1) is 11.6 Å². The number of hydrogen-bond acceptors (Lipinski definition) is 4. The molecule has 1 unspecified atom stereocenters. The number of guanidine groups is 1. The molecule has 0 fully saturated rings. The highest BCUT2D eigenvalue weighted by molar-refractivity contribution is 7.11. The molecule has 2 N–H and O–H groups in total. The van der Waals surface area contributed by atoms with Crippen LogP contribution in [0.3, 0.4) is 0 Å². The Labute approximate surface area is 154 Å². The van der Waals surface area contributed by atoms with Crippen LogP contribution in [0, 0.1) is 13.8 Å². The van der Waals surface area contributed by atoms with E-state index in [1.54, 1.807) is 11.3 Å². The van der Waals surface area contributed by atoms with Crippen LogP contribution >= 0.6 is 11.3 Å². The monoisotopic (exact) mass is 360 g/mol. The fourth-order valence-corrected chi connectivity index (χ4v) is 3.10. The van der Waals surface area contributed by atoms with Crippen molar-refractivity contribution in [3.8, 4) is 5.75 Å². The van der Waals surface area contributed by atoms with Gasteiger partial charge in [-0.1, -0.05) is 18.2 Å². The van der Waals surface area contributed by atoms with Gasteiger partial charge in [0, 0.05) is 30.6 Å². The zero-order chi connectivity index (χ0) is 18.1. The maximum absolute atomic E-state index is 5.98. The molecule has 25 heavy (non-hydrogen) atoms. The molecule has 2 aromatic rings. The summed E-state index contributed by atoms with van der Waals surface area (Å²) in [5, 5.41) is 7.78. The Bertz CT molecular complexity index is 684. The maximum Gasteiger partial charge on any atom is 0.191 e. The molecular weight excluding hydrogens is 332 g/mol. The number of para-hydroxylation sites is 1. The number of ether oxygens (including phenoxy) is 1. The van der Waals surface area contributed by atoms with E-state index in [0.717, 1.165) is 41.8 Å². The van der Waals surface area contributed by atoms with Gasteiger partial charge in [0.25, 0.3) is 0 Å². The largest absolute Gasteiger partial charge is 0.489 e. The third-order valence-corrected chi connectivity index (χ3v) is 4.55. The zero-order valence-corrected chi connectivity index (χ0v) is 16.3. The first-order chi connectivity index (χ1) is 12.1. The number of benzene rings is 1. The maximum atomic E-state index is 5.98. The second kappa shape index (κ2) is 10.0. The van der Waals surface area contributed by atoms with Gasteiger partial charge in [0.2, 0.25) is 0 Å². The molecule has 136 valence electrons. The van der Waals surface area contributed by atoms with Gasteiger partial charge >= 0.3 is 0 Å². The van der Waals surface area contributed by atoms with Crippen molar-refractivity contribution >= 4 is 17.3 Å². The summed E-state index contributed by atoms with van der Waals surface area (Å²) in [4.78, 5) is 10.3. The van der Waals surface area contributed by atoms with E-state index < -0.39 is 0 Å². The summed E-state index contributed by atoms with van der Waals surface area (Å²) < 4.78 is 5.98. The number of nitrogens with one attached hydrogen (secondary N) is 2. The molecule has 0 amide bonds. The van der Waals surface area contributed by atoms with Crippen LogP contribution in [-0.4, -0.2) is 36.7 Å². The lowest BCUT2D eigenvalue weighted by molar-refractivity contribution is 0.228. The summed E-state index contributed by atoms with van der Waals surface area (Å²) in [6.45, 7) is 10.5. The Hall–Kier alpha value is -2.08. The first-order valence-electron chi connectivity index (χ1n) is 8.74. The van der Waals surface area contributed by atoms with Crippen LogP contribution in [0.25, 0.3) is 0 Å². The summed E-state index contributed by atoms with van der Waals surface area (Å²) in [6.07, 6.45) is 2.83. The third-order valence-electron chi connectivity index (χ3n) is 3.57. The summed E-state index contributed by atoms with van der Waals surface area (Å²) in [6, 6.07) is 8.05. The van der Waals surface area contributed by atoms with Gasteiger partial charge in [-0.3, -0.25) is 0 Å². The van der Waals surface area contributed by atoms with E-state index in [9.17, 15) is 0 Å². The Morgan fingerprint density at radius 3 is 2.76 bits per heavy atom. The number of nitrogens with zero attached hydrogens (tertiary/aromatic N) is 2. The first-order valence-corrected chi connectivity index (χ1v) is 9.56. The molecule has 0 spiro atoms. The number of hydrogen-bond donors (Lipinski definition) is 2. The number of aromatic nitrogens is 1. The molecule has 1 heterocycles. The highest BCUT2D eigenvalue weighted by Crippen LogP contribution is 2.17. The SMILES string of the molecule is CCNC(=NCC(C)Oc1ccccc1C)NCCc1ncc(C)s1. The normalized spacial score (nSPS) is 12.7. The van der Waals surface area contributed by atoms with Crippen LogP contribution in [0.5, 0.6) is 5.75 Å². The zero-order valence-electron chi connectivity index (χ0n) is 15.5. The average Bonchev–Trinajstić information content (AvgIpc) is 3.00. The Morgan fingerprint density at radius 2 is 2.08 bits per heavy atom. The Kier molecular flexibility index (Phi) is 7.73. The van der Waals surface area contributed by atoms with E-state index in [0.29, 0.717) is 6.54 Å². The smallest absolute Gasteiger partial charge is 0.191 e. The Morgan fingerprint density at radius 1 is 1.28 bits per heavy atom. The van der Waals surface area contributed by atoms with Crippen LogP contribution in [0.4, 0.5) is 0 Å². The van der Waals surface area contributed by atoms with Crippen molar-refractivity contribution in [1.29, 1.82) is 0 Å². The minimum Gasteiger partial charge on any atom is -0.489 e. The second-order valence-electron chi connectivity index (χ2n) is 5.96. The van der Waals surface area contributed by atoms with E-state index in [4.69, 9.17) is 4.74 Å². The van der Waals surface area contributed by atoms with Crippen molar-refractivity contribution in [1.82, 2.24) is 15.6 Å². The average molecular weight is 361 g/mol. The molecule has 0 bridgehead atoms. The number of rotatable bonds is 8. The molecule has 1 aromatic carbocycles. The van der Waals surface area contributed by atoms with Crippen LogP contribution in [-0.2, 0) is 6.42 Å². The predicted octanol–water partition coefficient (Wildman–Crippen LogP) is 3.33. The van der Waals surface area contributed by atoms with Crippen molar-refractivity contribution in [2.45, 2.75) is 40.2 Å². The molecule has 6 heteroatoms. The van der Waals surface area contributed by atoms with Gasteiger partial charge in [0.1, 0.15) is 11.9 Å². The number of aliphatic imine (C=N–C) groups is 1. The highest BCUT2D eigenvalue weighted by Gasteiger charge is 2.06. The third kappa shape index (κ3) is 6.74. The van der Waals surface area contributed by atoms with E-state index >= 15 is 0 Å². The predicted molar refractivity (Wildman–Crippen MR) is 106 cm³/mol. The van der Waals surface area contributed by atoms with E-state index in [-0.39, 0.29) is 6.10 Å². The van der Waals surface area contributed by atoms with Crippen LogP contribution in [0.1, 0.15) is 29.3 Å². The molecule has 0 radical (unpaired) electrons. The molecule has 2 rings (SSSR count). The van der Waals surface area contributed by atoms with Crippen LogP contribution in [0.15, 0.2) is 35.5 Å². The molecule has 0 aliphatic carbocycles. The lowest BCUT2D eigenvalue weighted by Crippen LogP contribution is -2.39. The lowest BCUT2D eigenvalue weighted by atomic mass is 10.2. The number of thiazole rings is 1. The molecular formula is C19H28N4OS. The van der Waals surface area contributed by atoms with Gasteiger partial charge in [0.15, 0.2) is 5.96 Å². The summed E-state index contributed by atoms with van der Waals surface area (Å²) >= 11 is 1.74. The van der Waals surface area contributed by atoms with Gasteiger partial charge in [-0.15, -0.1) is 11.3 Å². The summed E-state index contributed by atoms with van der Waals surface area (Å²) in [7, 11) is 0. The summed E-state index contributed by atoms with van der Waals surface area (Å²) in [5.41, 5.74) is 1.14. The van der Waals surface area contributed by atoms with Crippen molar-refractivity contribution in [2.24, 2.45) is 4.99 Å². The van der Waals surface area contributed by atoms with Crippen molar-refractivity contribution in [3.63, 3.8) is 0 Å². The Balaban J connectivity index is 1.82. The number of aryl methyl sites for hydroxylation is 2. The lowest BCUT2D eigenvalue weighted by Gasteiger charge is -2.16. The topological polar surface area (TPSA) is 58.5 Å². The molecule has 5 nitrogen and oxygen atoms in total. The van der Waals surface area contributed by atoms with Gasteiger partial charge < -0.3 is 15.4 Å². The molecule has 1 aromatic heterocycles. The molecule has 0 saturated heterocycles. The molecule has 0 aliphatic heterocycles. The quantitative estimate of drug-likeness (QED) is 0.560. The highest BCUT2D eigenvalue weighted by atomic mass is 32.1. The van der Waals surface area contributed by atoms with Crippen molar-refractivity contribution in [3.05, 3.63) is 45.9 Å². The fraction of sp³-hybridized carbons (Fsp3) is 0.474. The van der Waals surface area contributed by atoms with Gasteiger partial charge in [-0.25, -0.2) is 9.98 Å². The summed E-state index contributed by atoms with van der Waals surface area (Å²) in [5.74, 6) is 1.73.